The van der Waals surface area contributed by atoms with E-state index in [1.54, 1.807) is 23.9 Å². The number of aromatic nitrogens is 5. The van der Waals surface area contributed by atoms with Crippen molar-refractivity contribution in [3.8, 4) is 23.0 Å². The number of benzene rings is 1. The second-order valence-corrected chi connectivity index (χ2v) is 5.09. The van der Waals surface area contributed by atoms with Crippen LogP contribution in [0.15, 0.2) is 36.7 Å². The van der Waals surface area contributed by atoms with E-state index in [1.165, 1.54) is 31.5 Å². The molecule has 128 valence electrons. The maximum Gasteiger partial charge on any atom is 0.309 e. The summed E-state index contributed by atoms with van der Waals surface area (Å²) in [5, 5.41) is 8.07. The van der Waals surface area contributed by atoms with Crippen LogP contribution in [-0.2, 0) is 18.4 Å². The third kappa shape index (κ3) is 3.94. The van der Waals surface area contributed by atoms with Crippen molar-refractivity contribution in [2.45, 2.75) is 13.5 Å². The molecule has 0 fully saturated rings. The smallest absolute Gasteiger partial charge is 0.309 e. The number of rotatable bonds is 5. The van der Waals surface area contributed by atoms with Crippen LogP contribution in [0.3, 0.4) is 0 Å². The maximum atomic E-state index is 13.1. The van der Waals surface area contributed by atoms with E-state index in [2.05, 4.69) is 20.3 Å². The lowest BCUT2D eigenvalue weighted by molar-refractivity contribution is -0.132. The summed E-state index contributed by atoms with van der Waals surface area (Å²) in [5.74, 6) is -0.460. The van der Waals surface area contributed by atoms with Crippen molar-refractivity contribution in [3.63, 3.8) is 0 Å². The molecule has 3 rings (SSSR count). The topological polar surface area (TPSA) is 92.0 Å². The highest BCUT2D eigenvalue weighted by molar-refractivity contribution is 5.68. The van der Waals surface area contributed by atoms with E-state index in [4.69, 9.17) is 9.47 Å². The van der Waals surface area contributed by atoms with E-state index in [-0.39, 0.29) is 24.2 Å². The first kappa shape index (κ1) is 16.5. The SMILES string of the molecule is CC(=O)Oc1cnc(OCc2c(-c3ccc(F)cc3)nnn2C)cn1. The normalized spacial score (nSPS) is 10.5. The average Bonchev–Trinajstić information content (AvgIpc) is 2.95. The van der Waals surface area contributed by atoms with Gasteiger partial charge in [-0.05, 0) is 24.3 Å². The number of hydrogen-bond donors (Lipinski definition) is 0. The first-order chi connectivity index (χ1) is 12.0. The number of aryl methyl sites for hydroxylation is 1. The number of carbonyl (C=O) groups is 1. The Morgan fingerprint density at radius 1 is 1.16 bits per heavy atom. The van der Waals surface area contributed by atoms with Crippen molar-refractivity contribution in [3.05, 3.63) is 48.2 Å². The highest BCUT2D eigenvalue weighted by Gasteiger charge is 2.14. The average molecular weight is 343 g/mol. The fourth-order valence-corrected chi connectivity index (χ4v) is 2.09. The second kappa shape index (κ2) is 7.04. The molecule has 0 saturated heterocycles. The van der Waals surface area contributed by atoms with E-state index in [0.717, 1.165) is 5.56 Å². The predicted molar refractivity (Wildman–Crippen MR) is 84.1 cm³/mol. The summed E-state index contributed by atoms with van der Waals surface area (Å²) in [5.41, 5.74) is 2.01. The molecule has 0 radical (unpaired) electrons. The van der Waals surface area contributed by atoms with Crippen molar-refractivity contribution in [2.75, 3.05) is 0 Å². The number of hydrogen-bond acceptors (Lipinski definition) is 7. The molecule has 0 unspecified atom stereocenters. The van der Waals surface area contributed by atoms with Gasteiger partial charge in [0, 0.05) is 19.5 Å². The van der Waals surface area contributed by atoms with Gasteiger partial charge in [-0.2, -0.15) is 0 Å². The Hall–Kier alpha value is -3.36. The van der Waals surface area contributed by atoms with E-state index < -0.39 is 5.97 Å². The lowest BCUT2D eigenvalue weighted by atomic mass is 10.1. The van der Waals surface area contributed by atoms with Crippen LogP contribution in [0.5, 0.6) is 11.8 Å². The van der Waals surface area contributed by atoms with Gasteiger partial charge in [-0.3, -0.25) is 4.79 Å². The van der Waals surface area contributed by atoms with Gasteiger partial charge in [0.25, 0.3) is 0 Å². The molecule has 0 amide bonds. The minimum atomic E-state index is -0.479. The summed E-state index contributed by atoms with van der Waals surface area (Å²) >= 11 is 0. The molecule has 1 aromatic carbocycles. The fraction of sp³-hybridized carbons (Fsp3) is 0.188. The van der Waals surface area contributed by atoms with Crippen molar-refractivity contribution in [1.29, 1.82) is 0 Å². The molecule has 2 aromatic heterocycles. The summed E-state index contributed by atoms with van der Waals surface area (Å²) in [6.07, 6.45) is 2.64. The Morgan fingerprint density at radius 2 is 1.84 bits per heavy atom. The van der Waals surface area contributed by atoms with E-state index >= 15 is 0 Å². The zero-order valence-corrected chi connectivity index (χ0v) is 13.5. The van der Waals surface area contributed by atoms with Crippen LogP contribution in [0.1, 0.15) is 12.6 Å². The molecule has 0 aliphatic rings. The van der Waals surface area contributed by atoms with Crippen molar-refractivity contribution in [1.82, 2.24) is 25.0 Å². The number of carbonyl (C=O) groups excluding carboxylic acids is 1. The summed E-state index contributed by atoms with van der Waals surface area (Å²) in [6, 6.07) is 5.95. The maximum absolute atomic E-state index is 13.1. The Balaban J connectivity index is 1.74. The van der Waals surface area contributed by atoms with Gasteiger partial charge in [0.1, 0.15) is 23.8 Å². The molecule has 9 heteroatoms. The zero-order valence-electron chi connectivity index (χ0n) is 13.5. The second-order valence-electron chi connectivity index (χ2n) is 5.09. The van der Waals surface area contributed by atoms with Crippen LogP contribution in [0.25, 0.3) is 11.3 Å². The third-order valence-electron chi connectivity index (χ3n) is 3.27. The van der Waals surface area contributed by atoms with Gasteiger partial charge < -0.3 is 9.47 Å². The number of halogens is 1. The summed E-state index contributed by atoms with van der Waals surface area (Å²) in [7, 11) is 1.73. The van der Waals surface area contributed by atoms with Crippen LogP contribution in [0.4, 0.5) is 4.39 Å². The number of esters is 1. The lowest BCUT2D eigenvalue weighted by Crippen LogP contribution is -2.06. The third-order valence-corrected chi connectivity index (χ3v) is 3.27. The van der Waals surface area contributed by atoms with E-state index in [9.17, 15) is 9.18 Å². The molecule has 3 aromatic rings. The van der Waals surface area contributed by atoms with Crippen LogP contribution in [-0.4, -0.2) is 30.9 Å². The first-order valence-electron chi connectivity index (χ1n) is 7.30. The monoisotopic (exact) mass is 343 g/mol. The number of ether oxygens (including phenoxy) is 2. The van der Waals surface area contributed by atoms with Crippen LogP contribution in [0.2, 0.25) is 0 Å². The Bertz CT molecular complexity index is 878. The Morgan fingerprint density at radius 3 is 2.48 bits per heavy atom. The molecule has 0 atom stereocenters. The standard InChI is InChI=1S/C16H14FN5O3/c1-10(23)25-15-8-18-14(7-19-15)24-9-13-16(20-21-22(13)2)11-3-5-12(17)6-4-11/h3-8H,9H2,1-2H3. The molecule has 0 aliphatic carbocycles. The molecular weight excluding hydrogens is 329 g/mol. The summed E-state index contributed by atoms with van der Waals surface area (Å²) in [4.78, 5) is 18.8. The van der Waals surface area contributed by atoms with E-state index in [0.29, 0.717) is 11.4 Å². The minimum Gasteiger partial charge on any atom is -0.470 e. The van der Waals surface area contributed by atoms with Crippen molar-refractivity contribution >= 4 is 5.97 Å². The molecule has 2 heterocycles. The van der Waals surface area contributed by atoms with Gasteiger partial charge in [-0.25, -0.2) is 19.0 Å². The minimum absolute atomic E-state index is 0.0917. The van der Waals surface area contributed by atoms with E-state index in [1.807, 2.05) is 0 Å². The van der Waals surface area contributed by atoms with Gasteiger partial charge in [-0.15, -0.1) is 5.10 Å². The van der Waals surface area contributed by atoms with Gasteiger partial charge in [0.05, 0.1) is 12.4 Å². The predicted octanol–water partition coefficient (Wildman–Crippen LogP) is 1.92. The van der Waals surface area contributed by atoms with Crippen molar-refractivity contribution < 1.29 is 18.7 Å². The van der Waals surface area contributed by atoms with Crippen LogP contribution in [0, 0.1) is 5.82 Å². The number of nitrogens with zero attached hydrogens (tertiary/aromatic N) is 5. The molecule has 0 bridgehead atoms. The van der Waals surface area contributed by atoms with Gasteiger partial charge in [0.15, 0.2) is 0 Å². The highest BCUT2D eigenvalue weighted by atomic mass is 19.1. The van der Waals surface area contributed by atoms with Gasteiger partial charge >= 0.3 is 5.97 Å². The molecule has 0 N–H and O–H groups in total. The van der Waals surface area contributed by atoms with Crippen molar-refractivity contribution in [2.24, 2.45) is 7.05 Å². The fourth-order valence-electron chi connectivity index (χ4n) is 2.09. The molecular formula is C16H14FN5O3. The Kier molecular flexibility index (Phi) is 4.64. The molecule has 25 heavy (non-hydrogen) atoms. The van der Waals surface area contributed by atoms with Crippen LogP contribution >= 0.6 is 0 Å². The quantitative estimate of drug-likeness (QED) is 0.653. The molecule has 8 nitrogen and oxygen atoms in total. The van der Waals surface area contributed by atoms with Crippen LogP contribution < -0.4 is 9.47 Å². The summed E-state index contributed by atoms with van der Waals surface area (Å²) in [6.45, 7) is 1.41. The lowest BCUT2D eigenvalue weighted by Gasteiger charge is -2.07. The molecule has 0 saturated carbocycles. The summed E-state index contributed by atoms with van der Waals surface area (Å²) < 4.78 is 25.0. The Labute approximate surface area is 142 Å². The first-order valence-corrected chi connectivity index (χ1v) is 7.30. The zero-order chi connectivity index (χ0) is 17.8. The highest BCUT2D eigenvalue weighted by Crippen LogP contribution is 2.22. The van der Waals surface area contributed by atoms with Gasteiger partial charge in [-0.1, -0.05) is 5.21 Å². The van der Waals surface area contributed by atoms with Gasteiger partial charge in [0.2, 0.25) is 11.8 Å². The largest absolute Gasteiger partial charge is 0.470 e. The molecule has 0 aliphatic heterocycles. The molecule has 0 spiro atoms.